The minimum absolute atomic E-state index is 0.0907. The summed E-state index contributed by atoms with van der Waals surface area (Å²) in [5.41, 5.74) is 1.40. The Balaban J connectivity index is 2.08. The normalized spacial score (nSPS) is 22.3. The average Bonchev–Trinajstić information content (AvgIpc) is 2.83. The molecule has 1 N–H and O–H groups in total. The lowest BCUT2D eigenvalue weighted by Crippen LogP contribution is -2.54. The van der Waals surface area contributed by atoms with Crippen molar-refractivity contribution in [3.05, 3.63) is 69.7 Å². The third-order valence-corrected chi connectivity index (χ3v) is 9.51. The third-order valence-electron chi connectivity index (χ3n) is 6.66. The van der Waals surface area contributed by atoms with E-state index in [9.17, 15) is 23.1 Å². The first-order valence-electron chi connectivity index (χ1n) is 11.9. The van der Waals surface area contributed by atoms with Crippen molar-refractivity contribution >= 4 is 44.9 Å². The molecule has 0 saturated carbocycles. The van der Waals surface area contributed by atoms with Crippen molar-refractivity contribution in [3.63, 3.8) is 0 Å². The Hall–Kier alpha value is -2.13. The fourth-order valence-electron chi connectivity index (χ4n) is 4.41. The molecule has 1 fully saturated rings. The van der Waals surface area contributed by atoms with Crippen molar-refractivity contribution in [3.8, 4) is 0 Å². The van der Waals surface area contributed by atoms with Crippen LogP contribution in [0.4, 0.5) is 0 Å². The van der Waals surface area contributed by atoms with E-state index in [1.165, 1.54) is 0 Å². The van der Waals surface area contributed by atoms with E-state index in [2.05, 4.69) is 0 Å². The molecule has 7 nitrogen and oxygen atoms in total. The molecule has 5 atom stereocenters. The second-order valence-electron chi connectivity index (χ2n) is 9.16. The van der Waals surface area contributed by atoms with Crippen LogP contribution in [0.5, 0.6) is 0 Å². The highest BCUT2D eigenvalue weighted by Crippen LogP contribution is 2.44. The first-order chi connectivity index (χ1) is 16.9. The Morgan fingerprint density at radius 2 is 1.75 bits per heavy atom. The molecule has 1 heterocycles. The standard InChI is InChI=1S/C26H31Cl2NO6S/c1-4-17(3)36(33,34)13-12-16(2)29-24(18-8-10-20(27)11-9-18)25(19-6-5-7-21(28)14-19)35-22(26(29)32)15-23(30)31/h5-11,14,16-17,22,24-25H,4,12-13,15H2,1-3H3,(H,30,31)/t16-,17-,22-,24+,25+/m0/s1. The van der Waals surface area contributed by atoms with Gasteiger partial charge < -0.3 is 14.7 Å². The molecule has 1 aliphatic rings. The number of hydrogen-bond donors (Lipinski definition) is 1. The molecule has 1 amide bonds. The number of rotatable bonds is 10. The summed E-state index contributed by atoms with van der Waals surface area (Å²) in [7, 11) is -3.35. The highest BCUT2D eigenvalue weighted by Gasteiger charge is 2.46. The lowest BCUT2D eigenvalue weighted by Gasteiger charge is -2.47. The molecule has 2 aromatic carbocycles. The van der Waals surface area contributed by atoms with Gasteiger partial charge in [0.15, 0.2) is 9.84 Å². The molecule has 0 bridgehead atoms. The first-order valence-corrected chi connectivity index (χ1v) is 14.3. The van der Waals surface area contributed by atoms with E-state index in [-0.39, 0.29) is 12.2 Å². The minimum Gasteiger partial charge on any atom is -0.481 e. The zero-order valence-electron chi connectivity index (χ0n) is 20.4. The smallest absolute Gasteiger partial charge is 0.306 e. The monoisotopic (exact) mass is 555 g/mol. The summed E-state index contributed by atoms with van der Waals surface area (Å²) in [4.78, 5) is 26.8. The molecule has 36 heavy (non-hydrogen) atoms. The van der Waals surface area contributed by atoms with Crippen molar-refractivity contribution in [2.24, 2.45) is 0 Å². The highest BCUT2D eigenvalue weighted by molar-refractivity contribution is 7.92. The van der Waals surface area contributed by atoms with Crippen LogP contribution >= 0.6 is 23.2 Å². The van der Waals surface area contributed by atoms with Gasteiger partial charge >= 0.3 is 5.97 Å². The number of amides is 1. The van der Waals surface area contributed by atoms with Crippen LogP contribution in [0, 0.1) is 0 Å². The number of carbonyl (C=O) groups excluding carboxylic acids is 1. The molecule has 0 unspecified atom stereocenters. The van der Waals surface area contributed by atoms with Gasteiger partial charge in [0.25, 0.3) is 5.91 Å². The lowest BCUT2D eigenvalue weighted by atomic mass is 9.89. The van der Waals surface area contributed by atoms with Gasteiger partial charge in [0.1, 0.15) is 12.2 Å². The van der Waals surface area contributed by atoms with Crippen LogP contribution in [-0.4, -0.2) is 53.4 Å². The Kier molecular flexibility index (Phi) is 9.44. The first kappa shape index (κ1) is 28.4. The Morgan fingerprint density at radius 3 is 2.33 bits per heavy atom. The molecule has 1 aliphatic heterocycles. The summed E-state index contributed by atoms with van der Waals surface area (Å²) in [6.45, 7) is 5.28. The lowest BCUT2D eigenvalue weighted by molar-refractivity contribution is -0.182. The maximum atomic E-state index is 13.6. The molecular formula is C26H31Cl2NO6S. The van der Waals surface area contributed by atoms with Gasteiger partial charge in [-0.15, -0.1) is 0 Å². The van der Waals surface area contributed by atoms with Gasteiger partial charge in [0.05, 0.1) is 23.5 Å². The minimum atomic E-state index is -3.35. The van der Waals surface area contributed by atoms with Crippen LogP contribution in [0.1, 0.15) is 63.3 Å². The van der Waals surface area contributed by atoms with Crippen molar-refractivity contribution in [1.29, 1.82) is 0 Å². The Morgan fingerprint density at radius 1 is 1.08 bits per heavy atom. The van der Waals surface area contributed by atoms with Crippen molar-refractivity contribution in [2.75, 3.05) is 5.75 Å². The Bertz CT molecular complexity index is 1190. The van der Waals surface area contributed by atoms with Crippen molar-refractivity contribution in [2.45, 2.75) is 69.6 Å². The molecule has 0 aromatic heterocycles. The molecule has 196 valence electrons. The summed E-state index contributed by atoms with van der Waals surface area (Å²) >= 11 is 12.4. The SMILES string of the molecule is CC[C@H](C)S(=O)(=O)CC[C@H](C)N1C(=O)[C@H](CC(=O)O)O[C@H](c2cccc(Cl)c2)[C@H]1c1ccc(Cl)cc1. The predicted molar refractivity (Wildman–Crippen MR) is 140 cm³/mol. The van der Waals surface area contributed by atoms with Crippen LogP contribution in [0.15, 0.2) is 48.5 Å². The summed E-state index contributed by atoms with van der Waals surface area (Å²) in [5.74, 6) is -1.76. The zero-order valence-corrected chi connectivity index (χ0v) is 22.8. The predicted octanol–water partition coefficient (Wildman–Crippen LogP) is 5.47. The van der Waals surface area contributed by atoms with E-state index in [1.807, 2.05) is 13.0 Å². The van der Waals surface area contributed by atoms with Crippen LogP contribution in [0.2, 0.25) is 10.0 Å². The quantitative estimate of drug-likeness (QED) is 0.417. The average molecular weight is 557 g/mol. The number of morpholine rings is 1. The van der Waals surface area contributed by atoms with E-state index in [4.69, 9.17) is 27.9 Å². The van der Waals surface area contributed by atoms with Gasteiger partial charge in [-0.1, -0.05) is 54.4 Å². The van der Waals surface area contributed by atoms with E-state index >= 15 is 0 Å². The molecule has 0 spiro atoms. The number of carbonyl (C=O) groups is 2. The fraction of sp³-hybridized carbons (Fsp3) is 0.462. The molecule has 0 radical (unpaired) electrons. The van der Waals surface area contributed by atoms with Gasteiger partial charge in [-0.2, -0.15) is 0 Å². The molecular weight excluding hydrogens is 525 g/mol. The fourth-order valence-corrected chi connectivity index (χ4v) is 6.32. The largest absolute Gasteiger partial charge is 0.481 e. The summed E-state index contributed by atoms with van der Waals surface area (Å²) in [6.07, 6.45) is -1.79. The van der Waals surface area contributed by atoms with Crippen LogP contribution in [0.3, 0.4) is 0 Å². The molecule has 2 aromatic rings. The topological polar surface area (TPSA) is 101 Å². The number of benzene rings is 2. The van der Waals surface area contributed by atoms with Gasteiger partial charge in [0.2, 0.25) is 0 Å². The van der Waals surface area contributed by atoms with Crippen LogP contribution < -0.4 is 0 Å². The van der Waals surface area contributed by atoms with Gasteiger partial charge in [0, 0.05) is 16.1 Å². The number of sulfone groups is 1. The molecule has 10 heteroatoms. The second kappa shape index (κ2) is 11.9. The Labute approximate surface area is 222 Å². The molecule has 3 rings (SSSR count). The van der Waals surface area contributed by atoms with Gasteiger partial charge in [-0.05, 0) is 62.1 Å². The van der Waals surface area contributed by atoms with Crippen molar-refractivity contribution < 1.29 is 27.9 Å². The molecule has 1 saturated heterocycles. The summed E-state index contributed by atoms with van der Waals surface area (Å²) < 4.78 is 31.6. The number of carboxylic acids is 1. The number of nitrogens with zero attached hydrogens (tertiary/aromatic N) is 1. The summed E-state index contributed by atoms with van der Waals surface area (Å²) in [5, 5.41) is 9.95. The maximum absolute atomic E-state index is 13.6. The maximum Gasteiger partial charge on any atom is 0.306 e. The van der Waals surface area contributed by atoms with Crippen molar-refractivity contribution in [1.82, 2.24) is 4.90 Å². The number of ether oxygens (including phenoxy) is 1. The number of aliphatic carboxylic acids is 1. The van der Waals surface area contributed by atoms with Crippen LogP contribution in [-0.2, 0) is 24.2 Å². The van der Waals surface area contributed by atoms with Gasteiger partial charge in [-0.25, -0.2) is 8.42 Å². The number of halogens is 2. The van der Waals surface area contributed by atoms with E-state index in [0.717, 1.165) is 5.56 Å². The number of carboxylic acid groups (broad SMARTS) is 1. The van der Waals surface area contributed by atoms with Crippen LogP contribution in [0.25, 0.3) is 0 Å². The second-order valence-corrected chi connectivity index (χ2v) is 12.6. The van der Waals surface area contributed by atoms with E-state index in [0.29, 0.717) is 22.0 Å². The molecule has 0 aliphatic carbocycles. The van der Waals surface area contributed by atoms with E-state index in [1.54, 1.807) is 61.2 Å². The van der Waals surface area contributed by atoms with Gasteiger partial charge in [-0.3, -0.25) is 9.59 Å². The summed E-state index contributed by atoms with van der Waals surface area (Å²) in [6, 6.07) is 12.8. The third kappa shape index (κ3) is 6.59. The zero-order chi connectivity index (χ0) is 26.6. The highest BCUT2D eigenvalue weighted by atomic mass is 35.5. The van der Waals surface area contributed by atoms with E-state index < -0.39 is 57.7 Å². The number of hydrogen-bond acceptors (Lipinski definition) is 5.